The first-order valence-corrected chi connectivity index (χ1v) is 7.54. The summed E-state index contributed by atoms with van der Waals surface area (Å²) in [5, 5.41) is 5.93. The zero-order valence-electron chi connectivity index (χ0n) is 12.6. The number of ether oxygens (including phenoxy) is 1. The van der Waals surface area contributed by atoms with Gasteiger partial charge in [-0.05, 0) is 18.6 Å². The summed E-state index contributed by atoms with van der Waals surface area (Å²) in [7, 11) is 0. The SMILES string of the molecule is Cc1ccc(CNC(=O)NC2CCOc3ccccc32)cc1. The number of carbonyl (C=O) groups is 1. The molecule has 1 heterocycles. The van der Waals surface area contributed by atoms with Crippen molar-refractivity contribution >= 4 is 6.03 Å². The molecule has 0 saturated heterocycles. The Hall–Kier alpha value is -2.49. The van der Waals surface area contributed by atoms with Gasteiger partial charge in [-0.1, -0.05) is 48.0 Å². The van der Waals surface area contributed by atoms with Crippen molar-refractivity contribution in [1.82, 2.24) is 10.6 Å². The minimum atomic E-state index is -0.151. The van der Waals surface area contributed by atoms with E-state index in [-0.39, 0.29) is 12.1 Å². The van der Waals surface area contributed by atoms with Crippen LogP contribution in [-0.2, 0) is 6.54 Å². The third-order valence-electron chi connectivity index (χ3n) is 3.84. The molecule has 2 aromatic carbocycles. The van der Waals surface area contributed by atoms with Crippen LogP contribution in [0.1, 0.15) is 29.2 Å². The summed E-state index contributed by atoms with van der Waals surface area (Å²) in [6.07, 6.45) is 0.787. The van der Waals surface area contributed by atoms with Crippen LogP contribution in [0.25, 0.3) is 0 Å². The Kier molecular flexibility index (Phi) is 4.28. The van der Waals surface area contributed by atoms with E-state index < -0.39 is 0 Å². The monoisotopic (exact) mass is 296 g/mol. The molecule has 1 aliphatic rings. The van der Waals surface area contributed by atoms with Gasteiger partial charge in [0.15, 0.2) is 0 Å². The highest BCUT2D eigenvalue weighted by Crippen LogP contribution is 2.31. The van der Waals surface area contributed by atoms with Crippen molar-refractivity contribution in [3.63, 3.8) is 0 Å². The first kappa shape index (κ1) is 14.4. The molecule has 2 N–H and O–H groups in total. The number of aryl methyl sites for hydroxylation is 1. The highest BCUT2D eigenvalue weighted by molar-refractivity contribution is 5.74. The molecule has 0 spiro atoms. The topological polar surface area (TPSA) is 50.4 Å². The Morgan fingerprint density at radius 1 is 1.18 bits per heavy atom. The van der Waals surface area contributed by atoms with Crippen molar-refractivity contribution in [1.29, 1.82) is 0 Å². The van der Waals surface area contributed by atoms with Gasteiger partial charge in [0.1, 0.15) is 5.75 Å². The Balaban J connectivity index is 1.57. The van der Waals surface area contributed by atoms with E-state index in [1.54, 1.807) is 0 Å². The van der Waals surface area contributed by atoms with Crippen LogP contribution < -0.4 is 15.4 Å². The molecule has 0 saturated carbocycles. The number of carbonyl (C=O) groups excluding carboxylic acids is 1. The molecule has 22 heavy (non-hydrogen) atoms. The predicted molar refractivity (Wildman–Crippen MR) is 85.8 cm³/mol. The number of hydrogen-bond acceptors (Lipinski definition) is 2. The van der Waals surface area contributed by atoms with E-state index in [9.17, 15) is 4.79 Å². The quantitative estimate of drug-likeness (QED) is 0.913. The Morgan fingerprint density at radius 2 is 1.95 bits per heavy atom. The van der Waals surface area contributed by atoms with Crippen molar-refractivity contribution in [2.24, 2.45) is 0 Å². The molecule has 0 bridgehead atoms. The summed E-state index contributed by atoms with van der Waals surface area (Å²) < 4.78 is 5.60. The third kappa shape index (κ3) is 3.39. The Bertz CT molecular complexity index is 652. The fourth-order valence-corrected chi connectivity index (χ4v) is 2.59. The number of rotatable bonds is 3. The standard InChI is InChI=1S/C18H20N2O2/c1-13-6-8-14(9-7-13)12-19-18(21)20-16-10-11-22-17-5-3-2-4-15(16)17/h2-9,16H,10-12H2,1H3,(H2,19,20,21). The maximum absolute atomic E-state index is 12.1. The molecule has 0 fully saturated rings. The lowest BCUT2D eigenvalue weighted by atomic mass is 10.0. The fraction of sp³-hybridized carbons (Fsp3) is 0.278. The van der Waals surface area contributed by atoms with Gasteiger partial charge < -0.3 is 15.4 Å². The lowest BCUT2D eigenvalue weighted by Crippen LogP contribution is -2.39. The van der Waals surface area contributed by atoms with E-state index in [0.717, 1.165) is 23.3 Å². The molecule has 1 atom stereocenters. The number of para-hydroxylation sites is 1. The van der Waals surface area contributed by atoms with E-state index in [0.29, 0.717) is 13.2 Å². The maximum atomic E-state index is 12.1. The van der Waals surface area contributed by atoms with Gasteiger partial charge in [-0.2, -0.15) is 0 Å². The van der Waals surface area contributed by atoms with Crippen LogP contribution in [0.5, 0.6) is 5.75 Å². The minimum absolute atomic E-state index is 0.00275. The lowest BCUT2D eigenvalue weighted by molar-refractivity contribution is 0.223. The molecule has 2 amide bonds. The number of amides is 2. The summed E-state index contributed by atoms with van der Waals surface area (Å²) >= 11 is 0. The average Bonchev–Trinajstić information content (AvgIpc) is 2.55. The van der Waals surface area contributed by atoms with E-state index >= 15 is 0 Å². The first-order valence-electron chi connectivity index (χ1n) is 7.54. The van der Waals surface area contributed by atoms with E-state index in [4.69, 9.17) is 4.74 Å². The van der Waals surface area contributed by atoms with Gasteiger partial charge in [-0.25, -0.2) is 4.79 Å². The number of urea groups is 1. The van der Waals surface area contributed by atoms with E-state index in [1.165, 1.54) is 5.56 Å². The van der Waals surface area contributed by atoms with Crippen LogP contribution >= 0.6 is 0 Å². The summed E-state index contributed by atoms with van der Waals surface area (Å²) in [4.78, 5) is 12.1. The van der Waals surface area contributed by atoms with E-state index in [1.807, 2.05) is 55.5 Å². The molecule has 1 unspecified atom stereocenters. The largest absolute Gasteiger partial charge is 0.493 e. The molecule has 3 rings (SSSR count). The molecule has 0 aromatic heterocycles. The van der Waals surface area contributed by atoms with Gasteiger partial charge in [0, 0.05) is 18.5 Å². The Labute approximate surface area is 130 Å². The van der Waals surface area contributed by atoms with Crippen LogP contribution in [-0.4, -0.2) is 12.6 Å². The Morgan fingerprint density at radius 3 is 2.77 bits per heavy atom. The van der Waals surface area contributed by atoms with E-state index in [2.05, 4.69) is 10.6 Å². The number of nitrogens with one attached hydrogen (secondary N) is 2. The average molecular weight is 296 g/mol. The van der Waals surface area contributed by atoms with Gasteiger partial charge in [0.2, 0.25) is 0 Å². The van der Waals surface area contributed by atoms with Crippen LogP contribution in [0.15, 0.2) is 48.5 Å². The van der Waals surface area contributed by atoms with Gasteiger partial charge in [-0.3, -0.25) is 0 Å². The third-order valence-corrected chi connectivity index (χ3v) is 3.84. The van der Waals surface area contributed by atoms with Crippen LogP contribution in [0.4, 0.5) is 4.79 Å². The molecule has 1 aliphatic heterocycles. The van der Waals surface area contributed by atoms with Gasteiger partial charge in [0.05, 0.1) is 12.6 Å². The van der Waals surface area contributed by atoms with Crippen molar-refractivity contribution in [2.75, 3.05) is 6.61 Å². The van der Waals surface area contributed by atoms with Crippen molar-refractivity contribution in [3.8, 4) is 5.75 Å². The summed E-state index contributed by atoms with van der Waals surface area (Å²) in [6.45, 7) is 3.20. The molecule has 2 aromatic rings. The second-order valence-electron chi connectivity index (χ2n) is 5.54. The highest BCUT2D eigenvalue weighted by atomic mass is 16.5. The second-order valence-corrected chi connectivity index (χ2v) is 5.54. The number of fused-ring (bicyclic) bond motifs is 1. The molecule has 0 radical (unpaired) electrons. The molecular formula is C18H20N2O2. The molecule has 4 heteroatoms. The van der Waals surface area contributed by atoms with Crippen LogP contribution in [0.3, 0.4) is 0 Å². The van der Waals surface area contributed by atoms with Crippen LogP contribution in [0.2, 0.25) is 0 Å². The summed E-state index contributed by atoms with van der Waals surface area (Å²) in [6, 6.07) is 15.8. The number of hydrogen-bond donors (Lipinski definition) is 2. The van der Waals surface area contributed by atoms with Gasteiger partial charge in [0.25, 0.3) is 0 Å². The normalized spacial score (nSPS) is 16.3. The molecular weight excluding hydrogens is 276 g/mol. The zero-order chi connectivity index (χ0) is 15.4. The lowest BCUT2D eigenvalue weighted by Gasteiger charge is -2.26. The molecule has 4 nitrogen and oxygen atoms in total. The molecule has 114 valence electrons. The van der Waals surface area contributed by atoms with Gasteiger partial charge >= 0.3 is 6.03 Å². The van der Waals surface area contributed by atoms with Crippen molar-refractivity contribution in [3.05, 3.63) is 65.2 Å². The minimum Gasteiger partial charge on any atom is -0.493 e. The summed E-state index contributed by atoms with van der Waals surface area (Å²) in [5.74, 6) is 0.859. The maximum Gasteiger partial charge on any atom is 0.315 e. The van der Waals surface area contributed by atoms with Gasteiger partial charge in [-0.15, -0.1) is 0 Å². The second kappa shape index (κ2) is 6.52. The predicted octanol–water partition coefficient (Wildman–Crippen LogP) is 3.32. The summed E-state index contributed by atoms with van der Waals surface area (Å²) in [5.41, 5.74) is 3.35. The fourth-order valence-electron chi connectivity index (χ4n) is 2.59. The van der Waals surface area contributed by atoms with Crippen LogP contribution in [0, 0.1) is 6.92 Å². The molecule has 0 aliphatic carbocycles. The first-order chi connectivity index (χ1) is 10.7. The van der Waals surface area contributed by atoms with Crippen molar-refractivity contribution < 1.29 is 9.53 Å². The van der Waals surface area contributed by atoms with Crippen molar-refractivity contribution in [2.45, 2.75) is 25.9 Å². The zero-order valence-corrected chi connectivity index (χ0v) is 12.6. The number of benzene rings is 2. The smallest absolute Gasteiger partial charge is 0.315 e. The highest BCUT2D eigenvalue weighted by Gasteiger charge is 2.22.